The summed E-state index contributed by atoms with van der Waals surface area (Å²) in [5.41, 5.74) is 3.00. The molecule has 0 aliphatic carbocycles. The van der Waals surface area contributed by atoms with Crippen LogP contribution in [0.4, 0.5) is 11.4 Å². The largest absolute Gasteiger partial charge is 0.451 e. The zero-order valence-corrected chi connectivity index (χ0v) is 21.9. The van der Waals surface area contributed by atoms with Crippen LogP contribution in [-0.4, -0.2) is 42.9 Å². The van der Waals surface area contributed by atoms with Gasteiger partial charge in [-0.15, -0.1) is 0 Å². The van der Waals surface area contributed by atoms with E-state index in [-0.39, 0.29) is 17.6 Å². The van der Waals surface area contributed by atoms with Crippen molar-refractivity contribution in [2.45, 2.75) is 0 Å². The van der Waals surface area contributed by atoms with E-state index in [4.69, 9.17) is 39.2 Å². The number of carbonyl (C=O) groups is 2. The second-order valence-electron chi connectivity index (χ2n) is 8.61. The molecule has 1 aliphatic heterocycles. The van der Waals surface area contributed by atoms with Crippen molar-refractivity contribution in [3.8, 4) is 11.3 Å². The van der Waals surface area contributed by atoms with E-state index in [1.807, 2.05) is 29.2 Å². The first-order valence-corrected chi connectivity index (χ1v) is 12.8. The SMILES string of the molecule is O=C(Nc1ccc(N2CCN(C(=O)c3ccc(Cl)cc3)CC2)cc1)c1ccc(-c2cc(Cl)cc(Cl)c2)o1. The Labute approximate surface area is 229 Å². The maximum Gasteiger partial charge on any atom is 0.291 e. The van der Waals surface area contributed by atoms with Gasteiger partial charge in [-0.3, -0.25) is 9.59 Å². The molecule has 6 nitrogen and oxygen atoms in total. The van der Waals surface area contributed by atoms with Gasteiger partial charge >= 0.3 is 0 Å². The third kappa shape index (κ3) is 5.93. The fraction of sp³-hybridized carbons (Fsp3) is 0.143. The minimum absolute atomic E-state index is 0.00826. The molecule has 0 atom stereocenters. The van der Waals surface area contributed by atoms with E-state index in [1.165, 1.54) is 0 Å². The van der Waals surface area contributed by atoms with Gasteiger partial charge in [0.1, 0.15) is 5.76 Å². The maximum absolute atomic E-state index is 12.7. The molecular formula is C28H22Cl3N3O3. The lowest BCUT2D eigenvalue weighted by atomic mass is 10.1. The smallest absolute Gasteiger partial charge is 0.291 e. The highest BCUT2D eigenvalue weighted by molar-refractivity contribution is 6.35. The third-order valence-corrected chi connectivity index (χ3v) is 6.81. The summed E-state index contributed by atoms with van der Waals surface area (Å²) in [6.07, 6.45) is 0. The minimum Gasteiger partial charge on any atom is -0.451 e. The lowest BCUT2D eigenvalue weighted by Gasteiger charge is -2.36. The molecule has 0 saturated carbocycles. The number of amides is 2. The summed E-state index contributed by atoms with van der Waals surface area (Å²) in [4.78, 5) is 29.5. The number of hydrogen-bond donors (Lipinski definition) is 1. The number of carbonyl (C=O) groups excluding carboxylic acids is 2. The lowest BCUT2D eigenvalue weighted by molar-refractivity contribution is 0.0746. The number of nitrogens with one attached hydrogen (secondary N) is 1. The summed E-state index contributed by atoms with van der Waals surface area (Å²) in [6, 6.07) is 22.9. The van der Waals surface area contributed by atoms with Crippen molar-refractivity contribution in [1.29, 1.82) is 0 Å². The average Bonchev–Trinajstić information content (AvgIpc) is 3.40. The number of benzene rings is 3. The molecule has 2 amide bonds. The van der Waals surface area contributed by atoms with E-state index < -0.39 is 0 Å². The monoisotopic (exact) mass is 553 g/mol. The third-order valence-electron chi connectivity index (χ3n) is 6.13. The summed E-state index contributed by atoms with van der Waals surface area (Å²) in [5, 5.41) is 4.43. The molecule has 1 N–H and O–H groups in total. The van der Waals surface area contributed by atoms with Crippen LogP contribution in [0.2, 0.25) is 15.1 Å². The molecule has 1 aliphatic rings. The van der Waals surface area contributed by atoms with Gasteiger partial charge in [-0.2, -0.15) is 0 Å². The number of anilines is 2. The van der Waals surface area contributed by atoms with Crippen molar-refractivity contribution in [1.82, 2.24) is 4.90 Å². The zero-order valence-electron chi connectivity index (χ0n) is 19.6. The van der Waals surface area contributed by atoms with Crippen molar-refractivity contribution >= 4 is 58.0 Å². The van der Waals surface area contributed by atoms with E-state index in [1.54, 1.807) is 54.6 Å². The van der Waals surface area contributed by atoms with Crippen LogP contribution in [0.5, 0.6) is 0 Å². The van der Waals surface area contributed by atoms with Crippen LogP contribution in [0.15, 0.2) is 83.3 Å². The summed E-state index contributed by atoms with van der Waals surface area (Å²) in [6.45, 7) is 2.68. The first-order valence-electron chi connectivity index (χ1n) is 11.6. The Hall–Kier alpha value is -3.45. The Morgan fingerprint density at radius 3 is 2.03 bits per heavy atom. The highest BCUT2D eigenvalue weighted by atomic mass is 35.5. The van der Waals surface area contributed by atoms with Crippen LogP contribution in [-0.2, 0) is 0 Å². The first kappa shape index (κ1) is 25.2. The summed E-state index contributed by atoms with van der Waals surface area (Å²) in [5.74, 6) is 0.325. The van der Waals surface area contributed by atoms with Crippen LogP contribution < -0.4 is 10.2 Å². The second kappa shape index (κ2) is 10.9. The summed E-state index contributed by atoms with van der Waals surface area (Å²) >= 11 is 18.1. The van der Waals surface area contributed by atoms with Crippen molar-refractivity contribution in [2.75, 3.05) is 36.4 Å². The van der Waals surface area contributed by atoms with Gasteiger partial charge in [-0.05, 0) is 78.9 Å². The van der Waals surface area contributed by atoms with Gasteiger partial charge in [0.05, 0.1) is 0 Å². The van der Waals surface area contributed by atoms with Crippen molar-refractivity contribution in [2.24, 2.45) is 0 Å². The lowest BCUT2D eigenvalue weighted by Crippen LogP contribution is -2.48. The Kier molecular flexibility index (Phi) is 7.42. The molecule has 1 saturated heterocycles. The zero-order chi connectivity index (χ0) is 25.9. The number of piperazine rings is 1. The number of hydrogen-bond acceptors (Lipinski definition) is 4. The standard InChI is InChI=1S/C28H22Cl3N3O3/c29-20-3-1-18(2-4-20)28(36)34-13-11-33(12-14-34)24-7-5-23(6-8-24)32-27(35)26-10-9-25(37-26)19-15-21(30)17-22(31)16-19/h1-10,15-17H,11-14H2,(H,32,35). The molecule has 4 aromatic rings. The fourth-order valence-corrected chi connectivity index (χ4v) is 4.85. The van der Waals surface area contributed by atoms with Gasteiger partial charge in [0, 0.05) is 63.7 Å². The van der Waals surface area contributed by atoms with Crippen LogP contribution in [0.25, 0.3) is 11.3 Å². The van der Waals surface area contributed by atoms with Crippen LogP contribution >= 0.6 is 34.8 Å². The molecule has 3 aromatic carbocycles. The minimum atomic E-state index is -0.360. The van der Waals surface area contributed by atoms with Gasteiger partial charge < -0.3 is 19.5 Å². The highest BCUT2D eigenvalue weighted by Crippen LogP contribution is 2.29. The summed E-state index contributed by atoms with van der Waals surface area (Å²) in [7, 11) is 0. The van der Waals surface area contributed by atoms with Gasteiger partial charge in [-0.25, -0.2) is 0 Å². The van der Waals surface area contributed by atoms with Crippen molar-refractivity contribution in [3.63, 3.8) is 0 Å². The average molecular weight is 555 g/mol. The Bertz CT molecular complexity index is 1410. The van der Waals surface area contributed by atoms with Gasteiger partial charge in [-0.1, -0.05) is 34.8 Å². The van der Waals surface area contributed by atoms with Gasteiger partial charge in [0.2, 0.25) is 0 Å². The maximum atomic E-state index is 12.7. The molecule has 5 rings (SSSR count). The van der Waals surface area contributed by atoms with Crippen LogP contribution in [0, 0.1) is 0 Å². The normalized spacial score (nSPS) is 13.5. The van der Waals surface area contributed by atoms with E-state index in [0.717, 1.165) is 5.69 Å². The predicted molar refractivity (Wildman–Crippen MR) is 148 cm³/mol. The Morgan fingerprint density at radius 2 is 1.38 bits per heavy atom. The summed E-state index contributed by atoms with van der Waals surface area (Å²) < 4.78 is 5.72. The second-order valence-corrected chi connectivity index (χ2v) is 9.92. The molecule has 0 bridgehead atoms. The number of rotatable bonds is 5. The van der Waals surface area contributed by atoms with E-state index in [2.05, 4.69) is 10.2 Å². The van der Waals surface area contributed by atoms with E-state index in [0.29, 0.717) is 63.8 Å². The molecule has 0 unspecified atom stereocenters. The number of nitrogens with zero attached hydrogens (tertiary/aromatic N) is 2. The molecule has 0 spiro atoms. The van der Waals surface area contributed by atoms with Gasteiger partial charge in [0.15, 0.2) is 5.76 Å². The Morgan fingerprint density at radius 1 is 0.730 bits per heavy atom. The predicted octanol–water partition coefficient (Wildman–Crippen LogP) is 7.12. The van der Waals surface area contributed by atoms with Crippen LogP contribution in [0.1, 0.15) is 20.9 Å². The van der Waals surface area contributed by atoms with Gasteiger partial charge in [0.25, 0.3) is 11.8 Å². The molecule has 0 radical (unpaired) electrons. The molecule has 9 heteroatoms. The number of furan rings is 1. The highest BCUT2D eigenvalue weighted by Gasteiger charge is 2.22. The quantitative estimate of drug-likeness (QED) is 0.285. The topological polar surface area (TPSA) is 65.8 Å². The van der Waals surface area contributed by atoms with E-state index >= 15 is 0 Å². The molecule has 1 aromatic heterocycles. The first-order chi connectivity index (χ1) is 17.9. The van der Waals surface area contributed by atoms with E-state index in [9.17, 15) is 9.59 Å². The molecule has 1 fully saturated rings. The molecule has 37 heavy (non-hydrogen) atoms. The van der Waals surface area contributed by atoms with Crippen molar-refractivity contribution < 1.29 is 14.0 Å². The number of halogens is 3. The Balaban J connectivity index is 1.17. The molecule has 188 valence electrons. The fourth-order valence-electron chi connectivity index (χ4n) is 4.20. The molecular weight excluding hydrogens is 533 g/mol. The van der Waals surface area contributed by atoms with Crippen LogP contribution in [0.3, 0.4) is 0 Å². The van der Waals surface area contributed by atoms with Crippen molar-refractivity contribution in [3.05, 3.63) is 105 Å². The molecule has 2 heterocycles.